The Bertz CT molecular complexity index is 550. The highest BCUT2D eigenvalue weighted by Crippen LogP contribution is 2.37. The fourth-order valence-electron chi connectivity index (χ4n) is 3.34. The van der Waals surface area contributed by atoms with Crippen molar-refractivity contribution in [1.82, 2.24) is 15.2 Å². The van der Waals surface area contributed by atoms with E-state index in [0.717, 1.165) is 43.2 Å². The van der Waals surface area contributed by atoms with Gasteiger partial charge in [-0.15, -0.1) is 0 Å². The van der Waals surface area contributed by atoms with Gasteiger partial charge in [-0.2, -0.15) is 0 Å². The number of nitrogens with zero attached hydrogens (tertiary/aromatic N) is 2. The first-order chi connectivity index (χ1) is 9.62. The normalized spacial score (nSPS) is 21.4. The number of rotatable bonds is 2. The van der Waals surface area contributed by atoms with Gasteiger partial charge in [0.1, 0.15) is 5.54 Å². The second kappa shape index (κ2) is 4.89. The molecule has 0 radical (unpaired) electrons. The highest BCUT2D eigenvalue weighted by atomic mass is 16.2. The molecule has 2 aliphatic rings. The molecule has 1 aromatic rings. The van der Waals surface area contributed by atoms with Crippen molar-refractivity contribution in [1.29, 1.82) is 0 Å². The maximum absolute atomic E-state index is 12.2. The summed E-state index contributed by atoms with van der Waals surface area (Å²) >= 11 is 0. The molecule has 1 aromatic heterocycles. The Labute approximate surface area is 118 Å². The van der Waals surface area contributed by atoms with E-state index >= 15 is 0 Å². The van der Waals surface area contributed by atoms with Crippen molar-refractivity contribution in [3.05, 3.63) is 29.6 Å². The van der Waals surface area contributed by atoms with Crippen LogP contribution in [0.15, 0.2) is 18.5 Å². The molecular weight excluding hydrogens is 254 g/mol. The summed E-state index contributed by atoms with van der Waals surface area (Å²) in [4.78, 5) is 30.2. The van der Waals surface area contributed by atoms with E-state index in [4.69, 9.17) is 0 Å². The topological polar surface area (TPSA) is 62.3 Å². The number of amides is 3. The summed E-state index contributed by atoms with van der Waals surface area (Å²) in [6.45, 7) is 2.42. The first kappa shape index (κ1) is 13.1. The Morgan fingerprint density at radius 2 is 2.00 bits per heavy atom. The summed E-state index contributed by atoms with van der Waals surface area (Å²) in [5, 5.41) is 2.49. The lowest BCUT2D eigenvalue weighted by atomic mass is 9.80. The standard InChI is InChI=1S/C15H19N3O2/c1-11-7-12(9-16-8-11)10-18-14(20)17-13(19)15(18)5-3-2-4-6-15/h7-9H,2-6,10H2,1H3,(H,17,19,20). The molecule has 0 bridgehead atoms. The Kier molecular flexibility index (Phi) is 3.20. The van der Waals surface area contributed by atoms with Crippen LogP contribution in [-0.2, 0) is 11.3 Å². The number of imide groups is 1. The largest absolute Gasteiger partial charge is 0.325 e. The molecule has 5 heteroatoms. The summed E-state index contributed by atoms with van der Waals surface area (Å²) in [5.74, 6) is -0.122. The minimum Gasteiger partial charge on any atom is -0.305 e. The average molecular weight is 273 g/mol. The molecular formula is C15H19N3O2. The van der Waals surface area contributed by atoms with Crippen LogP contribution in [0.3, 0.4) is 0 Å². The van der Waals surface area contributed by atoms with Gasteiger partial charge < -0.3 is 4.90 Å². The van der Waals surface area contributed by atoms with Crippen molar-refractivity contribution in [3.8, 4) is 0 Å². The molecule has 0 aromatic carbocycles. The molecule has 2 fully saturated rings. The van der Waals surface area contributed by atoms with Crippen LogP contribution < -0.4 is 5.32 Å². The Balaban J connectivity index is 1.89. The van der Waals surface area contributed by atoms with Crippen LogP contribution in [0.4, 0.5) is 4.79 Å². The van der Waals surface area contributed by atoms with Gasteiger partial charge in [-0.05, 0) is 30.9 Å². The van der Waals surface area contributed by atoms with Gasteiger partial charge in [-0.1, -0.05) is 25.3 Å². The molecule has 1 saturated carbocycles. The third kappa shape index (κ3) is 2.07. The summed E-state index contributed by atoms with van der Waals surface area (Å²) in [5.41, 5.74) is 1.41. The third-order valence-electron chi connectivity index (χ3n) is 4.36. The van der Waals surface area contributed by atoms with Gasteiger partial charge in [-0.25, -0.2) is 4.79 Å². The van der Waals surface area contributed by atoms with Gasteiger partial charge in [0.15, 0.2) is 0 Å². The lowest BCUT2D eigenvalue weighted by molar-refractivity contribution is -0.128. The van der Waals surface area contributed by atoms with Gasteiger partial charge in [0, 0.05) is 12.4 Å². The van der Waals surface area contributed by atoms with Gasteiger partial charge in [-0.3, -0.25) is 15.1 Å². The number of carbonyl (C=O) groups is 2. The Morgan fingerprint density at radius 3 is 2.70 bits per heavy atom. The monoisotopic (exact) mass is 273 g/mol. The predicted octanol–water partition coefficient (Wildman–Crippen LogP) is 2.14. The number of pyridine rings is 1. The maximum Gasteiger partial charge on any atom is 0.325 e. The van der Waals surface area contributed by atoms with E-state index < -0.39 is 5.54 Å². The SMILES string of the molecule is Cc1cncc(CN2C(=O)NC(=O)C23CCCCC3)c1. The van der Waals surface area contributed by atoms with E-state index in [0.29, 0.717) is 6.54 Å². The molecule has 2 heterocycles. The van der Waals surface area contributed by atoms with Crippen LogP contribution >= 0.6 is 0 Å². The molecule has 1 aliphatic carbocycles. The van der Waals surface area contributed by atoms with Gasteiger partial charge in [0.2, 0.25) is 0 Å². The zero-order valence-electron chi connectivity index (χ0n) is 11.7. The van der Waals surface area contributed by atoms with Crippen LogP contribution in [0, 0.1) is 6.92 Å². The number of hydrogen-bond donors (Lipinski definition) is 1. The van der Waals surface area contributed by atoms with Crippen LogP contribution in [0.5, 0.6) is 0 Å². The summed E-state index contributed by atoms with van der Waals surface area (Å²) in [6, 6.07) is 1.75. The van der Waals surface area contributed by atoms with Gasteiger partial charge in [0.05, 0.1) is 6.54 Å². The van der Waals surface area contributed by atoms with Crippen LogP contribution in [-0.4, -0.2) is 27.4 Å². The lowest BCUT2D eigenvalue weighted by Gasteiger charge is -2.38. The maximum atomic E-state index is 12.2. The number of carbonyl (C=O) groups excluding carboxylic acids is 2. The van der Waals surface area contributed by atoms with E-state index in [9.17, 15) is 9.59 Å². The summed E-state index contributed by atoms with van der Waals surface area (Å²) < 4.78 is 0. The van der Waals surface area contributed by atoms with Crippen LogP contribution in [0.1, 0.15) is 43.2 Å². The number of aromatic nitrogens is 1. The zero-order valence-corrected chi connectivity index (χ0v) is 11.7. The molecule has 1 saturated heterocycles. The second-order valence-electron chi connectivity index (χ2n) is 5.81. The second-order valence-corrected chi connectivity index (χ2v) is 5.81. The van der Waals surface area contributed by atoms with E-state index in [-0.39, 0.29) is 11.9 Å². The molecule has 1 spiro atoms. The van der Waals surface area contributed by atoms with Crippen molar-refractivity contribution in [2.75, 3.05) is 0 Å². The summed E-state index contributed by atoms with van der Waals surface area (Å²) in [7, 11) is 0. The fourth-order valence-corrected chi connectivity index (χ4v) is 3.34. The number of urea groups is 1. The number of hydrogen-bond acceptors (Lipinski definition) is 3. The highest BCUT2D eigenvalue weighted by Gasteiger charge is 2.52. The molecule has 0 unspecified atom stereocenters. The molecule has 20 heavy (non-hydrogen) atoms. The molecule has 1 aliphatic heterocycles. The third-order valence-corrected chi connectivity index (χ3v) is 4.36. The minimum atomic E-state index is -0.626. The zero-order chi connectivity index (χ0) is 14.2. The lowest BCUT2D eigenvalue weighted by Crippen LogP contribution is -2.50. The van der Waals surface area contributed by atoms with Crippen LogP contribution in [0.25, 0.3) is 0 Å². The summed E-state index contributed by atoms with van der Waals surface area (Å²) in [6.07, 6.45) is 8.23. The number of nitrogens with one attached hydrogen (secondary N) is 1. The molecule has 5 nitrogen and oxygen atoms in total. The van der Waals surface area contributed by atoms with Gasteiger partial charge in [0.25, 0.3) is 5.91 Å². The number of aryl methyl sites for hydroxylation is 1. The predicted molar refractivity (Wildman–Crippen MR) is 73.9 cm³/mol. The molecule has 3 amide bonds. The Hall–Kier alpha value is -1.91. The first-order valence-corrected chi connectivity index (χ1v) is 7.15. The highest BCUT2D eigenvalue weighted by molar-refractivity contribution is 6.07. The van der Waals surface area contributed by atoms with E-state index in [1.165, 1.54) is 0 Å². The van der Waals surface area contributed by atoms with Crippen molar-refractivity contribution >= 4 is 11.9 Å². The molecule has 1 N–H and O–H groups in total. The van der Waals surface area contributed by atoms with Crippen LogP contribution in [0.2, 0.25) is 0 Å². The minimum absolute atomic E-state index is 0.122. The molecule has 106 valence electrons. The van der Waals surface area contributed by atoms with Crippen molar-refractivity contribution < 1.29 is 9.59 Å². The molecule has 0 atom stereocenters. The van der Waals surface area contributed by atoms with E-state index in [1.54, 1.807) is 17.3 Å². The quantitative estimate of drug-likeness (QED) is 0.840. The Morgan fingerprint density at radius 1 is 1.25 bits per heavy atom. The van der Waals surface area contributed by atoms with Crippen molar-refractivity contribution in [3.63, 3.8) is 0 Å². The van der Waals surface area contributed by atoms with E-state index in [2.05, 4.69) is 10.3 Å². The van der Waals surface area contributed by atoms with Gasteiger partial charge >= 0.3 is 6.03 Å². The van der Waals surface area contributed by atoms with E-state index in [1.807, 2.05) is 13.0 Å². The fraction of sp³-hybridized carbons (Fsp3) is 0.533. The average Bonchev–Trinajstić information content (AvgIpc) is 2.65. The first-order valence-electron chi connectivity index (χ1n) is 7.15. The smallest absolute Gasteiger partial charge is 0.305 e. The molecule has 3 rings (SSSR count). The van der Waals surface area contributed by atoms with Crippen molar-refractivity contribution in [2.45, 2.75) is 51.1 Å². The van der Waals surface area contributed by atoms with Crippen molar-refractivity contribution in [2.24, 2.45) is 0 Å².